The Morgan fingerprint density at radius 3 is 2.83 bits per heavy atom. The molecule has 0 aliphatic carbocycles. The monoisotopic (exact) mass is 266 g/mol. The van der Waals surface area contributed by atoms with Gasteiger partial charge in [0, 0.05) is 13.1 Å². The van der Waals surface area contributed by atoms with Gasteiger partial charge in [-0.1, -0.05) is 12.1 Å². The van der Waals surface area contributed by atoms with Crippen LogP contribution in [0.5, 0.6) is 0 Å². The van der Waals surface area contributed by atoms with Crippen LogP contribution in [-0.4, -0.2) is 44.0 Å². The van der Waals surface area contributed by atoms with Crippen LogP contribution in [0.15, 0.2) is 29.2 Å². The topological polar surface area (TPSA) is 84.6 Å². The van der Waals surface area contributed by atoms with E-state index in [0.29, 0.717) is 23.4 Å². The van der Waals surface area contributed by atoms with Crippen LogP contribution in [-0.2, 0) is 11.0 Å². The van der Waals surface area contributed by atoms with Gasteiger partial charge in [-0.15, -0.1) is 0 Å². The van der Waals surface area contributed by atoms with Gasteiger partial charge in [0.15, 0.2) is 0 Å². The van der Waals surface area contributed by atoms with Crippen LogP contribution in [0.3, 0.4) is 0 Å². The zero-order chi connectivity index (χ0) is 13.2. The van der Waals surface area contributed by atoms with Crippen molar-refractivity contribution in [3.8, 4) is 6.07 Å². The maximum Gasteiger partial charge on any atom is 0.129 e. The molecule has 1 aliphatic rings. The Bertz CT molecular complexity index is 514. The molecule has 0 radical (unpaired) electrons. The first-order valence-electron chi connectivity index (χ1n) is 5.59. The van der Waals surface area contributed by atoms with Crippen molar-refractivity contribution in [1.29, 1.82) is 5.26 Å². The first kappa shape index (κ1) is 13.2. The zero-order valence-electron chi connectivity index (χ0n) is 9.74. The lowest BCUT2D eigenvalue weighted by atomic mass is 10.1. The summed E-state index contributed by atoms with van der Waals surface area (Å²) < 4.78 is 13.9. The highest BCUT2D eigenvalue weighted by Gasteiger charge is 2.38. The highest BCUT2D eigenvalue weighted by atomic mass is 32.2. The van der Waals surface area contributed by atoms with Gasteiger partial charge < -0.3 is 10.2 Å². The fourth-order valence-corrected chi connectivity index (χ4v) is 3.33. The molecule has 96 valence electrons. The van der Waals surface area contributed by atoms with Gasteiger partial charge in [-0.05, 0) is 18.6 Å². The summed E-state index contributed by atoms with van der Waals surface area (Å²) in [6.45, 7) is 0.236. The highest BCUT2D eigenvalue weighted by Crippen LogP contribution is 2.25. The summed E-state index contributed by atoms with van der Waals surface area (Å²) in [4.78, 5) is 0.446. The van der Waals surface area contributed by atoms with Gasteiger partial charge in [-0.2, -0.15) is 5.26 Å². The normalized spacial score (nSPS) is 25.8. The largest absolute Gasteiger partial charge is 0.393 e. The Hall–Kier alpha value is -1.26. The molecule has 1 fully saturated rings. The highest BCUT2D eigenvalue weighted by molar-refractivity contribution is 7.82. The molecular formula is C12H14N2O3S. The van der Waals surface area contributed by atoms with Crippen LogP contribution in [0, 0.1) is 11.3 Å². The number of aliphatic hydroxyl groups is 2. The summed E-state index contributed by atoms with van der Waals surface area (Å²) in [5.41, 5.74) is -0.813. The minimum absolute atomic E-state index is 0.149. The Morgan fingerprint density at radius 2 is 2.22 bits per heavy atom. The third-order valence-corrected chi connectivity index (χ3v) is 4.53. The van der Waals surface area contributed by atoms with Gasteiger partial charge in [0.05, 0.1) is 17.1 Å². The van der Waals surface area contributed by atoms with Crippen molar-refractivity contribution in [3.05, 3.63) is 29.8 Å². The molecule has 1 aliphatic heterocycles. The second-order valence-corrected chi connectivity index (χ2v) is 5.81. The fourth-order valence-electron chi connectivity index (χ4n) is 1.94. The van der Waals surface area contributed by atoms with Gasteiger partial charge in [0.1, 0.15) is 22.7 Å². The van der Waals surface area contributed by atoms with Crippen LogP contribution < -0.4 is 0 Å². The molecule has 0 bridgehead atoms. The smallest absolute Gasteiger partial charge is 0.129 e. The Kier molecular flexibility index (Phi) is 3.78. The number of rotatable bonds is 3. The number of hydrogen-bond donors (Lipinski definition) is 2. The average Bonchev–Trinajstić information content (AvgIpc) is 2.81. The summed E-state index contributed by atoms with van der Waals surface area (Å²) in [6.07, 6.45) is 0.379. The van der Waals surface area contributed by atoms with Crippen molar-refractivity contribution < 1.29 is 14.4 Å². The molecule has 0 spiro atoms. The van der Waals surface area contributed by atoms with E-state index in [4.69, 9.17) is 10.4 Å². The second-order valence-electron chi connectivity index (χ2n) is 4.35. The molecule has 2 unspecified atom stereocenters. The van der Waals surface area contributed by atoms with Gasteiger partial charge in [0.2, 0.25) is 0 Å². The van der Waals surface area contributed by atoms with Gasteiger partial charge in [0.25, 0.3) is 0 Å². The second kappa shape index (κ2) is 5.16. The van der Waals surface area contributed by atoms with Crippen molar-refractivity contribution >= 4 is 11.0 Å². The first-order valence-corrected chi connectivity index (χ1v) is 6.69. The summed E-state index contributed by atoms with van der Waals surface area (Å²) in [5, 5.41) is 27.9. The maximum atomic E-state index is 12.3. The van der Waals surface area contributed by atoms with E-state index >= 15 is 0 Å². The molecule has 1 aromatic rings. The lowest BCUT2D eigenvalue weighted by Gasteiger charge is -2.20. The SMILES string of the molecule is N#Cc1ccccc1S(=O)N1CCC(O)(CO)C1. The van der Waals surface area contributed by atoms with Crippen molar-refractivity contribution in [3.63, 3.8) is 0 Å². The Balaban J connectivity index is 2.21. The average molecular weight is 266 g/mol. The van der Waals surface area contributed by atoms with Crippen LogP contribution >= 0.6 is 0 Å². The predicted octanol–water partition coefficient (Wildman–Crippen LogP) is 0.00998. The lowest BCUT2D eigenvalue weighted by molar-refractivity contribution is -0.000503. The number of benzene rings is 1. The summed E-state index contributed by atoms with van der Waals surface area (Å²) in [6, 6.07) is 8.70. The summed E-state index contributed by atoms with van der Waals surface area (Å²) >= 11 is 0. The Morgan fingerprint density at radius 1 is 1.50 bits per heavy atom. The molecule has 6 heteroatoms. The van der Waals surface area contributed by atoms with Gasteiger partial charge >= 0.3 is 0 Å². The van der Waals surface area contributed by atoms with E-state index in [1.165, 1.54) is 0 Å². The van der Waals surface area contributed by atoms with Crippen LogP contribution in [0.4, 0.5) is 0 Å². The van der Waals surface area contributed by atoms with Crippen LogP contribution in [0.25, 0.3) is 0 Å². The molecule has 0 amide bonds. The number of aliphatic hydroxyl groups excluding tert-OH is 1. The molecule has 2 atom stereocenters. The van der Waals surface area contributed by atoms with Crippen molar-refractivity contribution in [2.75, 3.05) is 19.7 Å². The first-order chi connectivity index (χ1) is 8.59. The summed E-state index contributed by atoms with van der Waals surface area (Å²) in [7, 11) is -1.48. The molecule has 0 aromatic heterocycles. The molecular weight excluding hydrogens is 252 g/mol. The maximum absolute atomic E-state index is 12.3. The fraction of sp³-hybridized carbons (Fsp3) is 0.417. The third kappa shape index (κ3) is 2.44. The van der Waals surface area contributed by atoms with Crippen LogP contribution in [0.1, 0.15) is 12.0 Å². The van der Waals surface area contributed by atoms with E-state index in [-0.39, 0.29) is 13.2 Å². The standard InChI is InChI=1S/C12H14N2O3S/c13-7-10-3-1-2-4-11(10)18(17)14-6-5-12(16,8-14)9-15/h1-4,15-16H,5-6,8-9H2. The molecule has 18 heavy (non-hydrogen) atoms. The number of β-amino-alcohol motifs (C(OH)–C–C–N with tert-alkyl or cyclic N) is 1. The number of nitriles is 1. The number of nitrogens with zero attached hydrogens (tertiary/aromatic N) is 2. The molecule has 0 saturated carbocycles. The van der Waals surface area contributed by atoms with Crippen LogP contribution in [0.2, 0.25) is 0 Å². The third-order valence-electron chi connectivity index (χ3n) is 3.02. The minimum atomic E-state index is -1.48. The lowest BCUT2D eigenvalue weighted by Crippen LogP contribution is -2.37. The van der Waals surface area contributed by atoms with E-state index in [0.717, 1.165) is 0 Å². The van der Waals surface area contributed by atoms with Crippen molar-refractivity contribution in [1.82, 2.24) is 4.31 Å². The van der Waals surface area contributed by atoms with E-state index in [2.05, 4.69) is 0 Å². The van der Waals surface area contributed by atoms with Gasteiger partial charge in [-0.25, -0.2) is 8.51 Å². The quantitative estimate of drug-likeness (QED) is 0.807. The van der Waals surface area contributed by atoms with E-state index in [1.807, 2.05) is 6.07 Å². The zero-order valence-corrected chi connectivity index (χ0v) is 10.6. The molecule has 1 aromatic carbocycles. The molecule has 1 heterocycles. The van der Waals surface area contributed by atoms with Crippen molar-refractivity contribution in [2.24, 2.45) is 0 Å². The van der Waals surface area contributed by atoms with E-state index < -0.39 is 16.6 Å². The number of hydrogen-bond acceptors (Lipinski definition) is 4. The molecule has 2 rings (SSSR count). The van der Waals surface area contributed by atoms with Gasteiger partial charge in [-0.3, -0.25) is 0 Å². The van der Waals surface area contributed by atoms with Crippen molar-refractivity contribution in [2.45, 2.75) is 16.9 Å². The van der Waals surface area contributed by atoms with E-state index in [1.54, 1.807) is 28.6 Å². The molecule has 2 N–H and O–H groups in total. The van der Waals surface area contributed by atoms with E-state index in [9.17, 15) is 9.32 Å². The molecule has 5 nitrogen and oxygen atoms in total. The minimum Gasteiger partial charge on any atom is -0.393 e. The predicted molar refractivity (Wildman–Crippen MR) is 65.8 cm³/mol. The Labute approximate surface area is 108 Å². The molecule has 1 saturated heterocycles. The summed E-state index contributed by atoms with van der Waals surface area (Å²) in [5.74, 6) is 0.